The Hall–Kier alpha value is -2.33. The summed E-state index contributed by atoms with van der Waals surface area (Å²) in [6, 6.07) is 20.5. The van der Waals surface area contributed by atoms with Gasteiger partial charge < -0.3 is 10.2 Å². The van der Waals surface area contributed by atoms with E-state index in [0.717, 1.165) is 38.3 Å². The molecule has 0 saturated carbocycles. The van der Waals surface area contributed by atoms with Crippen LogP contribution in [0.3, 0.4) is 0 Å². The van der Waals surface area contributed by atoms with Gasteiger partial charge in [0.25, 0.3) is 0 Å². The summed E-state index contributed by atoms with van der Waals surface area (Å²) in [7, 11) is 0. The van der Waals surface area contributed by atoms with Crippen LogP contribution >= 0.6 is 0 Å². The number of hydrogen-bond donors (Lipinski definition) is 1. The van der Waals surface area contributed by atoms with Gasteiger partial charge >= 0.3 is 6.03 Å². The van der Waals surface area contributed by atoms with Crippen molar-refractivity contribution in [1.82, 2.24) is 9.80 Å². The lowest BCUT2D eigenvalue weighted by atomic mass is 9.86. The third kappa shape index (κ3) is 3.61. The highest BCUT2D eigenvalue weighted by atomic mass is 16.2. The number of hydrogen-bond acceptors (Lipinski definition) is 2. The third-order valence-electron chi connectivity index (χ3n) is 5.82. The molecule has 0 aliphatic carbocycles. The Morgan fingerprint density at radius 1 is 0.923 bits per heavy atom. The maximum absolute atomic E-state index is 12.8. The highest BCUT2D eigenvalue weighted by Gasteiger charge is 2.44. The average molecular weight is 349 g/mol. The molecule has 2 aliphatic rings. The number of nitrogens with zero attached hydrogens (tertiary/aromatic N) is 2. The Balaban J connectivity index is 1.45. The zero-order chi connectivity index (χ0) is 17.8. The molecule has 1 N–H and O–H groups in total. The van der Waals surface area contributed by atoms with E-state index in [0.29, 0.717) is 0 Å². The van der Waals surface area contributed by atoms with Gasteiger partial charge in [-0.15, -0.1) is 0 Å². The second-order valence-corrected chi connectivity index (χ2v) is 7.56. The molecule has 2 fully saturated rings. The van der Waals surface area contributed by atoms with Crippen molar-refractivity contribution in [1.29, 1.82) is 0 Å². The van der Waals surface area contributed by atoms with E-state index in [1.807, 2.05) is 35.2 Å². The van der Waals surface area contributed by atoms with Crippen LogP contribution in [0.15, 0.2) is 60.7 Å². The molecule has 0 aromatic heterocycles. The summed E-state index contributed by atoms with van der Waals surface area (Å²) in [6.45, 7) is 3.79. The molecule has 136 valence electrons. The van der Waals surface area contributed by atoms with Gasteiger partial charge in [0.2, 0.25) is 0 Å². The van der Waals surface area contributed by atoms with Gasteiger partial charge in [-0.1, -0.05) is 48.5 Å². The lowest BCUT2D eigenvalue weighted by molar-refractivity contribution is 0.0534. The van der Waals surface area contributed by atoms with E-state index in [1.54, 1.807) is 0 Å². The first-order valence-electron chi connectivity index (χ1n) is 9.65. The van der Waals surface area contributed by atoms with Gasteiger partial charge in [0, 0.05) is 30.9 Å². The van der Waals surface area contributed by atoms with Gasteiger partial charge in [0.15, 0.2) is 0 Å². The summed E-state index contributed by atoms with van der Waals surface area (Å²) in [6.07, 6.45) is 4.68. The van der Waals surface area contributed by atoms with Gasteiger partial charge in [0.1, 0.15) is 0 Å². The van der Waals surface area contributed by atoms with Crippen LogP contribution in [0.5, 0.6) is 0 Å². The first kappa shape index (κ1) is 17.1. The van der Waals surface area contributed by atoms with Crippen LogP contribution in [-0.4, -0.2) is 41.0 Å². The number of anilines is 1. The van der Waals surface area contributed by atoms with E-state index < -0.39 is 0 Å². The molecule has 0 bridgehead atoms. The first-order chi connectivity index (χ1) is 12.8. The third-order valence-corrected chi connectivity index (χ3v) is 5.82. The Morgan fingerprint density at radius 3 is 2.31 bits per heavy atom. The minimum absolute atomic E-state index is 0.0295. The molecular weight excluding hydrogens is 322 g/mol. The molecule has 4 nitrogen and oxygen atoms in total. The molecule has 2 amide bonds. The number of amides is 2. The second kappa shape index (κ2) is 7.50. The van der Waals surface area contributed by atoms with Gasteiger partial charge in [-0.25, -0.2) is 4.79 Å². The predicted molar refractivity (Wildman–Crippen MR) is 105 cm³/mol. The van der Waals surface area contributed by atoms with Crippen LogP contribution in [0.25, 0.3) is 0 Å². The number of carbonyl (C=O) groups excluding carboxylic acids is 1. The standard InChI is InChI=1S/C22H27N3O/c26-21(23-20-11-5-2-6-12-20)24-15-7-13-22(18-24)14-8-16-25(22)17-19-9-3-1-4-10-19/h1-6,9-12H,7-8,13-18H2,(H,23,26). The second-order valence-electron chi connectivity index (χ2n) is 7.56. The molecule has 2 aromatic rings. The lowest BCUT2D eigenvalue weighted by Crippen LogP contribution is -2.57. The van der Waals surface area contributed by atoms with Crippen molar-refractivity contribution in [3.05, 3.63) is 66.2 Å². The van der Waals surface area contributed by atoms with Crippen LogP contribution < -0.4 is 5.32 Å². The molecule has 4 rings (SSSR count). The van der Waals surface area contributed by atoms with Gasteiger partial charge in [-0.05, 0) is 49.9 Å². The molecular formula is C22H27N3O. The number of para-hydroxylation sites is 1. The van der Waals surface area contributed by atoms with Crippen LogP contribution in [0.4, 0.5) is 10.5 Å². The van der Waals surface area contributed by atoms with Crippen LogP contribution in [0, 0.1) is 0 Å². The predicted octanol–water partition coefficient (Wildman–Crippen LogP) is 4.35. The SMILES string of the molecule is O=C(Nc1ccccc1)N1CCCC2(CCCN2Cc2ccccc2)C1. The zero-order valence-corrected chi connectivity index (χ0v) is 15.2. The molecule has 1 unspecified atom stereocenters. The summed E-state index contributed by atoms with van der Waals surface area (Å²) < 4.78 is 0. The Bertz CT molecular complexity index is 734. The molecule has 2 heterocycles. The fourth-order valence-electron chi connectivity index (χ4n) is 4.52. The van der Waals surface area contributed by atoms with Crippen molar-refractivity contribution in [3.8, 4) is 0 Å². The van der Waals surface area contributed by atoms with Crippen LogP contribution in [0.2, 0.25) is 0 Å². The fraction of sp³-hybridized carbons (Fsp3) is 0.409. The zero-order valence-electron chi connectivity index (χ0n) is 15.2. The summed E-state index contributed by atoms with van der Waals surface area (Å²) in [4.78, 5) is 17.4. The quantitative estimate of drug-likeness (QED) is 0.894. The lowest BCUT2D eigenvalue weighted by Gasteiger charge is -2.46. The van der Waals surface area contributed by atoms with E-state index in [1.165, 1.54) is 24.8 Å². The van der Waals surface area contributed by atoms with E-state index in [2.05, 4.69) is 40.5 Å². The summed E-state index contributed by atoms with van der Waals surface area (Å²) in [5.41, 5.74) is 2.37. The number of rotatable bonds is 3. The fourth-order valence-corrected chi connectivity index (χ4v) is 4.52. The number of urea groups is 1. The Kier molecular flexibility index (Phi) is 4.93. The largest absolute Gasteiger partial charge is 0.323 e. The van der Waals surface area contributed by atoms with E-state index in [9.17, 15) is 4.79 Å². The summed E-state index contributed by atoms with van der Waals surface area (Å²) >= 11 is 0. The van der Waals surface area contributed by atoms with Crippen molar-refractivity contribution in [3.63, 3.8) is 0 Å². The molecule has 1 spiro atoms. The Labute approximate surface area is 155 Å². The molecule has 2 aromatic carbocycles. The van der Waals surface area contributed by atoms with Crippen molar-refractivity contribution in [2.24, 2.45) is 0 Å². The molecule has 2 aliphatic heterocycles. The van der Waals surface area contributed by atoms with Crippen LogP contribution in [0.1, 0.15) is 31.2 Å². The molecule has 1 atom stereocenters. The highest BCUT2D eigenvalue weighted by molar-refractivity contribution is 5.89. The molecule has 26 heavy (non-hydrogen) atoms. The Morgan fingerprint density at radius 2 is 1.58 bits per heavy atom. The van der Waals surface area contributed by atoms with Crippen molar-refractivity contribution in [2.75, 3.05) is 25.0 Å². The van der Waals surface area contributed by atoms with Gasteiger partial charge in [0.05, 0.1) is 0 Å². The van der Waals surface area contributed by atoms with E-state index >= 15 is 0 Å². The highest BCUT2D eigenvalue weighted by Crippen LogP contribution is 2.38. The maximum atomic E-state index is 12.8. The van der Waals surface area contributed by atoms with Gasteiger partial charge in [-0.3, -0.25) is 4.90 Å². The molecule has 2 saturated heterocycles. The number of nitrogens with one attached hydrogen (secondary N) is 1. The van der Waals surface area contributed by atoms with Crippen LogP contribution in [-0.2, 0) is 6.54 Å². The van der Waals surface area contributed by atoms with Crippen molar-refractivity contribution < 1.29 is 4.79 Å². The molecule has 4 heteroatoms. The topological polar surface area (TPSA) is 35.6 Å². The van der Waals surface area contributed by atoms with E-state index in [-0.39, 0.29) is 11.6 Å². The first-order valence-corrected chi connectivity index (χ1v) is 9.65. The normalized spacial score (nSPS) is 23.3. The summed E-state index contributed by atoms with van der Waals surface area (Å²) in [5.74, 6) is 0. The summed E-state index contributed by atoms with van der Waals surface area (Å²) in [5, 5.41) is 3.05. The number of benzene rings is 2. The van der Waals surface area contributed by atoms with Crippen molar-refractivity contribution >= 4 is 11.7 Å². The number of piperidine rings is 1. The van der Waals surface area contributed by atoms with Gasteiger partial charge in [-0.2, -0.15) is 0 Å². The maximum Gasteiger partial charge on any atom is 0.321 e. The number of likely N-dealkylation sites (tertiary alicyclic amines) is 2. The smallest absolute Gasteiger partial charge is 0.321 e. The minimum Gasteiger partial charge on any atom is -0.323 e. The molecule has 0 radical (unpaired) electrons. The average Bonchev–Trinajstić information content (AvgIpc) is 3.05. The minimum atomic E-state index is 0.0295. The van der Waals surface area contributed by atoms with E-state index in [4.69, 9.17) is 0 Å². The number of carbonyl (C=O) groups is 1. The van der Waals surface area contributed by atoms with Crippen molar-refractivity contribution in [2.45, 2.75) is 37.8 Å². The monoisotopic (exact) mass is 349 g/mol.